The van der Waals surface area contributed by atoms with Gasteiger partial charge in [-0.1, -0.05) is 19.3 Å². The van der Waals surface area contributed by atoms with E-state index in [1.54, 1.807) is 0 Å². The molecule has 0 atom stereocenters. The molecule has 1 N–H and O–H groups in total. The second kappa shape index (κ2) is 11.7. The topological polar surface area (TPSA) is 43.3 Å². The predicted molar refractivity (Wildman–Crippen MR) is 30.4 cm³/mol. The van der Waals surface area contributed by atoms with Gasteiger partial charge in [-0.25, -0.2) is 0 Å². The van der Waals surface area contributed by atoms with Crippen LogP contribution in [0.2, 0.25) is 0 Å². The largest absolute Gasteiger partial charge is 1.00 e. The minimum Gasteiger partial charge on any atom is -0.854 e. The van der Waals surface area contributed by atoms with Crippen LogP contribution in [0, 0.1) is 0 Å². The standard InChI is InChI=1S/C6H13O2.Na/c7-5-3-1-2-4-6-8;/h7H,1-6H2;/q-1;+1. The third kappa shape index (κ3) is 12.2. The van der Waals surface area contributed by atoms with Crippen molar-refractivity contribution >= 4 is 0 Å². The molecule has 0 heterocycles. The number of aliphatic hydroxyl groups excluding tert-OH is 1. The fourth-order valence-electron chi connectivity index (χ4n) is 0.567. The van der Waals surface area contributed by atoms with Gasteiger partial charge >= 0.3 is 29.6 Å². The van der Waals surface area contributed by atoms with Crippen molar-refractivity contribution in [3.05, 3.63) is 0 Å². The Kier molecular flexibility index (Phi) is 16.3. The van der Waals surface area contributed by atoms with Crippen LogP contribution in [0.3, 0.4) is 0 Å². The molecular formula is C6H13NaO2. The summed E-state index contributed by atoms with van der Waals surface area (Å²) < 4.78 is 0. The fraction of sp³-hybridized carbons (Fsp3) is 1.00. The number of aliphatic hydroxyl groups is 1. The summed E-state index contributed by atoms with van der Waals surface area (Å²) in [4.78, 5) is 0. The predicted octanol–water partition coefficient (Wildman–Crippen LogP) is -3.10. The third-order valence-corrected chi connectivity index (χ3v) is 1.05. The van der Waals surface area contributed by atoms with Crippen molar-refractivity contribution in [2.24, 2.45) is 0 Å². The Morgan fingerprint density at radius 2 is 1.56 bits per heavy atom. The van der Waals surface area contributed by atoms with Crippen LogP contribution in [-0.4, -0.2) is 18.3 Å². The summed E-state index contributed by atoms with van der Waals surface area (Å²) in [5.41, 5.74) is 0. The van der Waals surface area contributed by atoms with Gasteiger partial charge in [-0.2, -0.15) is 0 Å². The van der Waals surface area contributed by atoms with E-state index in [1.807, 2.05) is 0 Å². The average Bonchev–Trinajstić information content (AvgIpc) is 1.81. The molecule has 0 aliphatic rings. The molecule has 0 spiro atoms. The second-order valence-electron chi connectivity index (χ2n) is 1.84. The van der Waals surface area contributed by atoms with Crippen LogP contribution in [0.25, 0.3) is 0 Å². The second-order valence-corrected chi connectivity index (χ2v) is 1.84. The summed E-state index contributed by atoms with van der Waals surface area (Å²) in [6, 6.07) is 0. The minimum atomic E-state index is 0. The molecule has 0 saturated carbocycles. The molecule has 0 radical (unpaired) electrons. The molecule has 0 unspecified atom stereocenters. The summed E-state index contributed by atoms with van der Waals surface area (Å²) in [6.07, 6.45) is 3.59. The van der Waals surface area contributed by atoms with Gasteiger partial charge in [0.25, 0.3) is 0 Å². The van der Waals surface area contributed by atoms with Crippen molar-refractivity contribution in [1.82, 2.24) is 0 Å². The van der Waals surface area contributed by atoms with Crippen LogP contribution >= 0.6 is 0 Å². The minimum absolute atomic E-state index is 0. The molecule has 0 aliphatic carbocycles. The first-order chi connectivity index (χ1) is 3.91. The molecule has 0 saturated heterocycles. The first-order valence-corrected chi connectivity index (χ1v) is 3.10. The summed E-state index contributed by atoms with van der Waals surface area (Å²) in [7, 11) is 0. The van der Waals surface area contributed by atoms with E-state index in [-0.39, 0.29) is 42.8 Å². The van der Waals surface area contributed by atoms with Crippen LogP contribution in [0.4, 0.5) is 0 Å². The Morgan fingerprint density at radius 1 is 1.00 bits per heavy atom. The van der Waals surface area contributed by atoms with E-state index in [4.69, 9.17) is 5.11 Å². The average molecular weight is 140 g/mol. The Hall–Kier alpha value is 0.920. The molecule has 0 aromatic rings. The zero-order valence-corrected chi connectivity index (χ0v) is 8.10. The van der Waals surface area contributed by atoms with E-state index >= 15 is 0 Å². The molecule has 0 fully saturated rings. The molecule has 0 amide bonds. The molecular weight excluding hydrogens is 127 g/mol. The first-order valence-electron chi connectivity index (χ1n) is 3.10. The van der Waals surface area contributed by atoms with Gasteiger partial charge in [0, 0.05) is 6.61 Å². The number of hydrogen-bond donors (Lipinski definition) is 1. The van der Waals surface area contributed by atoms with Gasteiger partial charge in [-0.3, -0.25) is 0 Å². The smallest absolute Gasteiger partial charge is 0.854 e. The van der Waals surface area contributed by atoms with E-state index in [2.05, 4.69) is 0 Å². The normalized spacial score (nSPS) is 8.67. The zero-order valence-electron chi connectivity index (χ0n) is 6.10. The SMILES string of the molecule is [Na+].[O-]CCCCCCO. The molecule has 0 bridgehead atoms. The van der Waals surface area contributed by atoms with Gasteiger partial charge in [-0.05, 0) is 6.42 Å². The van der Waals surface area contributed by atoms with Crippen molar-refractivity contribution < 1.29 is 39.8 Å². The quantitative estimate of drug-likeness (QED) is 0.325. The van der Waals surface area contributed by atoms with Gasteiger partial charge in [-0.15, -0.1) is 6.61 Å². The van der Waals surface area contributed by atoms with Crippen LogP contribution in [0.15, 0.2) is 0 Å². The molecule has 0 aromatic heterocycles. The molecule has 9 heavy (non-hydrogen) atoms. The van der Waals surface area contributed by atoms with Crippen molar-refractivity contribution in [2.45, 2.75) is 25.7 Å². The van der Waals surface area contributed by atoms with E-state index in [1.165, 1.54) is 0 Å². The number of unbranched alkanes of at least 4 members (excludes halogenated alkanes) is 3. The van der Waals surface area contributed by atoms with Gasteiger partial charge in [0.15, 0.2) is 0 Å². The molecule has 50 valence electrons. The molecule has 0 aliphatic heterocycles. The summed E-state index contributed by atoms with van der Waals surface area (Å²) in [5.74, 6) is 0. The van der Waals surface area contributed by atoms with E-state index in [0.29, 0.717) is 0 Å². The molecule has 2 nitrogen and oxygen atoms in total. The monoisotopic (exact) mass is 140 g/mol. The van der Waals surface area contributed by atoms with Gasteiger partial charge in [0.2, 0.25) is 0 Å². The number of hydrogen-bond acceptors (Lipinski definition) is 2. The van der Waals surface area contributed by atoms with Crippen molar-refractivity contribution in [3.8, 4) is 0 Å². The van der Waals surface area contributed by atoms with Gasteiger partial charge in [0.1, 0.15) is 0 Å². The summed E-state index contributed by atoms with van der Waals surface area (Å²) in [5, 5.41) is 18.1. The van der Waals surface area contributed by atoms with Crippen LogP contribution in [-0.2, 0) is 0 Å². The maximum atomic E-state index is 9.83. The molecule has 3 heteroatoms. The van der Waals surface area contributed by atoms with E-state index in [0.717, 1.165) is 25.7 Å². The maximum absolute atomic E-state index is 9.83. The van der Waals surface area contributed by atoms with E-state index < -0.39 is 0 Å². The first kappa shape index (κ1) is 12.6. The van der Waals surface area contributed by atoms with E-state index in [9.17, 15) is 5.11 Å². The van der Waals surface area contributed by atoms with Crippen LogP contribution < -0.4 is 34.7 Å². The van der Waals surface area contributed by atoms with Crippen molar-refractivity contribution in [2.75, 3.05) is 13.2 Å². The fourth-order valence-corrected chi connectivity index (χ4v) is 0.567. The summed E-state index contributed by atoms with van der Waals surface area (Å²) in [6.45, 7) is 0.296. The van der Waals surface area contributed by atoms with Gasteiger partial charge < -0.3 is 10.2 Å². The van der Waals surface area contributed by atoms with Crippen molar-refractivity contribution in [1.29, 1.82) is 0 Å². The Bertz CT molecular complexity index is 36.0. The molecule has 0 rings (SSSR count). The van der Waals surface area contributed by atoms with Crippen LogP contribution in [0.5, 0.6) is 0 Å². The Morgan fingerprint density at radius 3 is 2.00 bits per heavy atom. The maximum Gasteiger partial charge on any atom is 1.00 e. The summed E-state index contributed by atoms with van der Waals surface area (Å²) >= 11 is 0. The number of rotatable bonds is 5. The zero-order chi connectivity index (χ0) is 6.24. The van der Waals surface area contributed by atoms with Crippen molar-refractivity contribution in [3.63, 3.8) is 0 Å². The molecule has 0 aromatic carbocycles. The Labute approximate surface area is 78.6 Å². The van der Waals surface area contributed by atoms with Gasteiger partial charge in [0.05, 0.1) is 0 Å². The Balaban J connectivity index is 0. The van der Waals surface area contributed by atoms with Crippen LogP contribution in [0.1, 0.15) is 25.7 Å². The third-order valence-electron chi connectivity index (χ3n) is 1.05.